The van der Waals surface area contributed by atoms with Crippen LogP contribution >= 0.6 is 12.4 Å². The molecule has 1 saturated heterocycles. The van der Waals surface area contributed by atoms with Crippen molar-refractivity contribution in [2.75, 3.05) is 23.8 Å². The molecule has 6 heteroatoms. The molecule has 0 radical (unpaired) electrons. The summed E-state index contributed by atoms with van der Waals surface area (Å²) in [4.78, 5) is 26.3. The molecular weight excluding hydrogens is 362 g/mol. The third-order valence-corrected chi connectivity index (χ3v) is 4.72. The van der Waals surface area contributed by atoms with Crippen LogP contribution in [0, 0.1) is 0 Å². The van der Waals surface area contributed by atoms with Gasteiger partial charge in [0.25, 0.3) is 0 Å². The van der Waals surface area contributed by atoms with E-state index in [1.807, 2.05) is 54.6 Å². The zero-order valence-electron chi connectivity index (χ0n) is 15.5. The van der Waals surface area contributed by atoms with Gasteiger partial charge in [-0.2, -0.15) is 0 Å². The minimum atomic E-state index is -0.107. The van der Waals surface area contributed by atoms with Crippen LogP contribution in [0.1, 0.15) is 24.8 Å². The second-order valence-corrected chi connectivity index (χ2v) is 6.65. The van der Waals surface area contributed by atoms with Crippen molar-refractivity contribution >= 4 is 35.6 Å². The molecule has 1 aliphatic heterocycles. The quantitative estimate of drug-likeness (QED) is 0.826. The topological polar surface area (TPSA) is 61.4 Å². The smallest absolute Gasteiger partial charge is 0.241 e. The lowest BCUT2D eigenvalue weighted by atomic mass is 10.0. The summed E-state index contributed by atoms with van der Waals surface area (Å²) in [7, 11) is 1.78. The zero-order chi connectivity index (χ0) is 18.4. The van der Waals surface area contributed by atoms with Gasteiger partial charge in [0.1, 0.15) is 0 Å². The second-order valence-electron chi connectivity index (χ2n) is 6.65. The molecule has 2 aromatic carbocycles. The maximum atomic E-state index is 12.4. The highest BCUT2D eigenvalue weighted by Crippen LogP contribution is 2.16. The highest BCUT2D eigenvalue weighted by atomic mass is 35.5. The Morgan fingerprint density at radius 1 is 1.07 bits per heavy atom. The molecule has 144 valence electrons. The maximum absolute atomic E-state index is 12.4. The highest BCUT2D eigenvalue weighted by molar-refractivity contribution is 5.95. The minimum absolute atomic E-state index is 0. The molecule has 1 aliphatic rings. The first kappa shape index (κ1) is 20.9. The van der Waals surface area contributed by atoms with Gasteiger partial charge < -0.3 is 15.5 Å². The van der Waals surface area contributed by atoms with E-state index in [0.29, 0.717) is 6.42 Å². The normalized spacial score (nSPS) is 16.1. The van der Waals surface area contributed by atoms with E-state index in [2.05, 4.69) is 10.6 Å². The summed E-state index contributed by atoms with van der Waals surface area (Å²) in [5.74, 6) is 0.0386. The molecule has 0 spiro atoms. The molecule has 1 heterocycles. The van der Waals surface area contributed by atoms with Gasteiger partial charge in [-0.25, -0.2) is 0 Å². The number of likely N-dealkylation sites (N-methyl/N-ethyl adjacent to an activating group) is 1. The average molecular weight is 388 g/mol. The van der Waals surface area contributed by atoms with Gasteiger partial charge in [0.05, 0.1) is 12.5 Å². The van der Waals surface area contributed by atoms with Crippen molar-refractivity contribution in [1.82, 2.24) is 5.32 Å². The Hall–Kier alpha value is -2.37. The van der Waals surface area contributed by atoms with Gasteiger partial charge in [0.2, 0.25) is 11.8 Å². The maximum Gasteiger partial charge on any atom is 0.241 e. The predicted molar refractivity (Wildman–Crippen MR) is 112 cm³/mol. The molecule has 0 bridgehead atoms. The number of amides is 2. The van der Waals surface area contributed by atoms with Crippen LogP contribution in [0.5, 0.6) is 0 Å². The number of anilines is 2. The molecule has 2 N–H and O–H groups in total. The monoisotopic (exact) mass is 387 g/mol. The molecule has 27 heavy (non-hydrogen) atoms. The van der Waals surface area contributed by atoms with Crippen molar-refractivity contribution in [2.24, 2.45) is 0 Å². The Morgan fingerprint density at radius 2 is 1.78 bits per heavy atom. The van der Waals surface area contributed by atoms with Gasteiger partial charge in [-0.1, -0.05) is 36.8 Å². The van der Waals surface area contributed by atoms with Crippen molar-refractivity contribution in [3.8, 4) is 0 Å². The lowest BCUT2D eigenvalue weighted by Crippen LogP contribution is -2.43. The van der Waals surface area contributed by atoms with E-state index in [1.54, 1.807) is 11.9 Å². The summed E-state index contributed by atoms with van der Waals surface area (Å²) in [6, 6.07) is 17.0. The molecule has 1 atom stereocenters. The predicted octanol–water partition coefficient (Wildman–Crippen LogP) is 3.39. The molecular formula is C21H26ClN3O2. The van der Waals surface area contributed by atoms with Gasteiger partial charge in [0.15, 0.2) is 0 Å². The fraction of sp³-hybridized carbons (Fsp3) is 0.333. The Bertz CT molecular complexity index is 744. The first-order valence-corrected chi connectivity index (χ1v) is 9.08. The first-order chi connectivity index (χ1) is 12.6. The van der Waals surface area contributed by atoms with Gasteiger partial charge in [-0.3, -0.25) is 9.59 Å². The fourth-order valence-electron chi connectivity index (χ4n) is 3.10. The van der Waals surface area contributed by atoms with Crippen LogP contribution in [0.25, 0.3) is 0 Å². The molecule has 3 rings (SSSR count). The summed E-state index contributed by atoms with van der Waals surface area (Å²) in [6.07, 6.45) is 3.42. The van der Waals surface area contributed by atoms with E-state index < -0.39 is 0 Å². The van der Waals surface area contributed by atoms with Crippen LogP contribution < -0.4 is 15.5 Å². The molecule has 0 aliphatic carbocycles. The van der Waals surface area contributed by atoms with Crippen LogP contribution in [-0.2, 0) is 16.0 Å². The van der Waals surface area contributed by atoms with Crippen molar-refractivity contribution < 1.29 is 9.59 Å². The summed E-state index contributed by atoms with van der Waals surface area (Å²) in [5, 5.41) is 6.19. The number of carbonyl (C=O) groups is 2. The van der Waals surface area contributed by atoms with Gasteiger partial charge in [-0.05, 0) is 49.2 Å². The second kappa shape index (κ2) is 10.1. The number of nitrogens with zero attached hydrogens (tertiary/aromatic N) is 1. The largest absolute Gasteiger partial charge is 0.325 e. The highest BCUT2D eigenvalue weighted by Gasteiger charge is 2.20. The van der Waals surface area contributed by atoms with Crippen LogP contribution in [0.4, 0.5) is 11.4 Å². The van der Waals surface area contributed by atoms with E-state index in [9.17, 15) is 9.59 Å². The number of nitrogens with one attached hydrogen (secondary N) is 2. The van der Waals surface area contributed by atoms with Crippen molar-refractivity contribution in [2.45, 2.75) is 31.7 Å². The Kier molecular flexibility index (Phi) is 7.82. The molecule has 2 aromatic rings. The minimum Gasteiger partial charge on any atom is -0.325 e. The third-order valence-electron chi connectivity index (χ3n) is 4.72. The van der Waals surface area contributed by atoms with E-state index in [0.717, 1.165) is 42.7 Å². The van der Waals surface area contributed by atoms with Crippen LogP contribution in [0.15, 0.2) is 54.6 Å². The molecule has 1 fully saturated rings. The zero-order valence-corrected chi connectivity index (χ0v) is 16.3. The number of para-hydroxylation sites is 1. The summed E-state index contributed by atoms with van der Waals surface area (Å²) in [6.45, 7) is 0.897. The lowest BCUT2D eigenvalue weighted by molar-refractivity contribution is -0.119. The molecule has 0 aromatic heterocycles. The Morgan fingerprint density at radius 3 is 2.41 bits per heavy atom. The number of piperidine rings is 1. The Labute approximate surface area is 166 Å². The van der Waals surface area contributed by atoms with Crippen LogP contribution in [0.2, 0.25) is 0 Å². The number of halogens is 1. The van der Waals surface area contributed by atoms with Crippen molar-refractivity contribution in [1.29, 1.82) is 0 Å². The number of rotatable bonds is 5. The number of hydrogen-bond donors (Lipinski definition) is 2. The van der Waals surface area contributed by atoms with Gasteiger partial charge in [0, 0.05) is 18.4 Å². The molecule has 1 unspecified atom stereocenters. The SMILES string of the molecule is CN(C(=O)Cc1ccc(NC(=O)C2CCCCN2)cc1)c1ccccc1.Cl. The average Bonchev–Trinajstić information content (AvgIpc) is 2.70. The van der Waals surface area contributed by atoms with E-state index >= 15 is 0 Å². The van der Waals surface area contributed by atoms with Crippen molar-refractivity contribution in [3.05, 3.63) is 60.2 Å². The van der Waals surface area contributed by atoms with Gasteiger partial charge in [-0.15, -0.1) is 12.4 Å². The number of carbonyl (C=O) groups excluding carboxylic acids is 2. The lowest BCUT2D eigenvalue weighted by Gasteiger charge is -2.22. The standard InChI is InChI=1S/C21H25N3O2.ClH/c1-24(18-7-3-2-4-8-18)20(25)15-16-10-12-17(13-11-16)23-21(26)19-9-5-6-14-22-19;/h2-4,7-8,10-13,19,22H,5-6,9,14-15H2,1H3,(H,23,26);1H. The number of hydrogen-bond acceptors (Lipinski definition) is 3. The van der Waals surface area contributed by atoms with E-state index in [-0.39, 0.29) is 30.3 Å². The summed E-state index contributed by atoms with van der Waals surface area (Å²) < 4.78 is 0. The van der Waals surface area contributed by atoms with Gasteiger partial charge >= 0.3 is 0 Å². The van der Waals surface area contributed by atoms with Crippen LogP contribution in [0.3, 0.4) is 0 Å². The van der Waals surface area contributed by atoms with Crippen LogP contribution in [-0.4, -0.2) is 31.4 Å². The summed E-state index contributed by atoms with van der Waals surface area (Å²) in [5.41, 5.74) is 2.56. The van der Waals surface area contributed by atoms with E-state index in [1.165, 1.54) is 0 Å². The third kappa shape index (κ3) is 5.81. The molecule has 2 amide bonds. The van der Waals surface area contributed by atoms with Crippen molar-refractivity contribution in [3.63, 3.8) is 0 Å². The van der Waals surface area contributed by atoms with E-state index in [4.69, 9.17) is 0 Å². The molecule has 0 saturated carbocycles. The Balaban J connectivity index is 0.00000261. The first-order valence-electron chi connectivity index (χ1n) is 9.08. The fourth-order valence-corrected chi connectivity index (χ4v) is 3.10. The number of benzene rings is 2. The molecule has 5 nitrogen and oxygen atoms in total. The summed E-state index contributed by atoms with van der Waals surface area (Å²) >= 11 is 0.